The van der Waals surface area contributed by atoms with Crippen molar-refractivity contribution in [2.24, 2.45) is 5.73 Å². The smallest absolute Gasteiger partial charge is 0.165 e. The summed E-state index contributed by atoms with van der Waals surface area (Å²) in [5.41, 5.74) is 5.97. The second-order valence-corrected chi connectivity index (χ2v) is 7.36. The molecule has 0 bridgehead atoms. The van der Waals surface area contributed by atoms with Gasteiger partial charge in [0.15, 0.2) is 11.6 Å². The molecule has 1 saturated heterocycles. The van der Waals surface area contributed by atoms with E-state index in [1.807, 2.05) is 0 Å². The number of fused-ring (bicyclic) bond motifs is 3. The van der Waals surface area contributed by atoms with Crippen molar-refractivity contribution in [3.8, 4) is 5.75 Å². The van der Waals surface area contributed by atoms with Crippen molar-refractivity contribution in [2.45, 2.75) is 34.8 Å². The maximum Gasteiger partial charge on any atom is 0.165 e. The molecule has 6 heteroatoms. The average Bonchev–Trinajstić information content (AvgIpc) is 2.43. The Bertz CT molecular complexity index is 528. The first-order chi connectivity index (χ1) is 9.56. The Labute approximate surface area is 130 Å². The molecule has 0 aliphatic carbocycles. The molecule has 1 fully saturated rings. The molecule has 3 atom stereocenters. The van der Waals surface area contributed by atoms with Gasteiger partial charge in [-0.25, -0.2) is 8.78 Å². The third kappa shape index (κ3) is 2.21. The third-order valence-corrected chi connectivity index (χ3v) is 6.06. The predicted octanol–water partition coefficient (Wildman–Crippen LogP) is 2.46. The molecular formula is C14H17F2IN2O. The molecule has 0 spiro atoms. The van der Waals surface area contributed by atoms with E-state index in [2.05, 4.69) is 27.9 Å². The van der Waals surface area contributed by atoms with Gasteiger partial charge in [0.1, 0.15) is 12.4 Å². The summed E-state index contributed by atoms with van der Waals surface area (Å²) in [5, 5.41) is 3.48. The van der Waals surface area contributed by atoms with Crippen LogP contribution < -0.4 is 15.8 Å². The number of nitrogens with one attached hydrogen (secondary N) is 1. The Balaban J connectivity index is 1.98. The quantitative estimate of drug-likeness (QED) is 0.599. The minimum Gasteiger partial charge on any atom is -0.488 e. The lowest BCUT2D eigenvalue weighted by atomic mass is 9.80. The Kier molecular flexibility index (Phi) is 3.89. The van der Waals surface area contributed by atoms with E-state index in [-0.39, 0.29) is 17.6 Å². The fourth-order valence-electron chi connectivity index (χ4n) is 3.19. The van der Waals surface area contributed by atoms with E-state index in [9.17, 15) is 8.78 Å². The molecular weight excluding hydrogens is 377 g/mol. The number of halogens is 3. The standard InChI is InChI=1S/C14H17F2IN2O/c15-9-1-2-10(16)13-12(9)14(17)5-3-8(4-6-18)19-11(14)7-20-13/h1-2,8,11,19H,3-7,18H2/t8-,11+,14-/m0/s1. The largest absolute Gasteiger partial charge is 0.488 e. The summed E-state index contributed by atoms with van der Waals surface area (Å²) in [6.07, 6.45) is 2.60. The van der Waals surface area contributed by atoms with Crippen LogP contribution in [0.3, 0.4) is 0 Å². The van der Waals surface area contributed by atoms with Crippen LogP contribution in [-0.2, 0) is 3.42 Å². The average molecular weight is 394 g/mol. The van der Waals surface area contributed by atoms with Gasteiger partial charge in [-0.2, -0.15) is 0 Å². The molecule has 0 amide bonds. The molecule has 0 unspecified atom stereocenters. The lowest BCUT2D eigenvalue weighted by molar-refractivity contribution is 0.148. The molecule has 3 N–H and O–H groups in total. The zero-order chi connectivity index (χ0) is 14.3. The van der Waals surface area contributed by atoms with Crippen LogP contribution in [-0.4, -0.2) is 25.2 Å². The second kappa shape index (κ2) is 5.38. The number of nitrogens with two attached hydrogens (primary N) is 1. The van der Waals surface area contributed by atoms with Crippen molar-refractivity contribution in [3.63, 3.8) is 0 Å². The van der Waals surface area contributed by atoms with E-state index < -0.39 is 9.24 Å². The number of benzene rings is 1. The first-order valence-electron chi connectivity index (χ1n) is 6.82. The Hall–Kier alpha value is -0.470. The molecule has 2 aliphatic rings. The molecule has 20 heavy (non-hydrogen) atoms. The molecule has 1 aromatic carbocycles. The van der Waals surface area contributed by atoms with Crippen LogP contribution in [0.2, 0.25) is 0 Å². The highest BCUT2D eigenvalue weighted by Gasteiger charge is 2.49. The molecule has 2 heterocycles. The van der Waals surface area contributed by atoms with Crippen LogP contribution in [0, 0.1) is 11.6 Å². The van der Waals surface area contributed by atoms with Gasteiger partial charge < -0.3 is 15.8 Å². The monoisotopic (exact) mass is 394 g/mol. The van der Waals surface area contributed by atoms with E-state index in [0.29, 0.717) is 24.8 Å². The lowest BCUT2D eigenvalue weighted by Gasteiger charge is -2.47. The van der Waals surface area contributed by atoms with E-state index in [1.54, 1.807) is 0 Å². The van der Waals surface area contributed by atoms with E-state index in [0.717, 1.165) is 25.3 Å². The zero-order valence-corrected chi connectivity index (χ0v) is 13.1. The van der Waals surface area contributed by atoms with Crippen LogP contribution in [0.15, 0.2) is 12.1 Å². The molecule has 110 valence electrons. The molecule has 3 rings (SSSR count). The molecule has 0 radical (unpaired) electrons. The van der Waals surface area contributed by atoms with Crippen LogP contribution in [0.1, 0.15) is 24.8 Å². The third-order valence-electron chi connectivity index (χ3n) is 4.23. The lowest BCUT2D eigenvalue weighted by Crippen LogP contribution is -2.58. The summed E-state index contributed by atoms with van der Waals surface area (Å²) in [6.45, 7) is 0.983. The minimum atomic E-state index is -0.486. The van der Waals surface area contributed by atoms with Crippen molar-refractivity contribution in [1.29, 1.82) is 0 Å². The highest BCUT2D eigenvalue weighted by molar-refractivity contribution is 14.1. The summed E-state index contributed by atoms with van der Waals surface area (Å²) in [4.78, 5) is 0. The highest BCUT2D eigenvalue weighted by atomic mass is 127. The number of ether oxygens (including phenoxy) is 1. The predicted molar refractivity (Wildman–Crippen MR) is 81.2 cm³/mol. The van der Waals surface area contributed by atoms with Crippen LogP contribution >= 0.6 is 22.6 Å². The summed E-state index contributed by atoms with van der Waals surface area (Å²) in [6, 6.07) is 2.63. The summed E-state index contributed by atoms with van der Waals surface area (Å²) in [7, 11) is 0. The highest BCUT2D eigenvalue weighted by Crippen LogP contribution is 2.51. The maximum atomic E-state index is 14.2. The van der Waals surface area contributed by atoms with E-state index in [4.69, 9.17) is 10.5 Å². The summed E-state index contributed by atoms with van der Waals surface area (Å²) in [5.74, 6) is -0.797. The van der Waals surface area contributed by atoms with E-state index in [1.165, 1.54) is 6.07 Å². The first kappa shape index (κ1) is 14.5. The molecule has 0 saturated carbocycles. The van der Waals surface area contributed by atoms with Gasteiger partial charge in [0, 0.05) is 6.04 Å². The van der Waals surface area contributed by atoms with Crippen LogP contribution in [0.5, 0.6) is 5.75 Å². The topological polar surface area (TPSA) is 47.3 Å². The van der Waals surface area contributed by atoms with Gasteiger partial charge in [-0.05, 0) is 37.9 Å². The number of hydrogen-bond acceptors (Lipinski definition) is 3. The Morgan fingerprint density at radius 1 is 1.40 bits per heavy atom. The zero-order valence-electron chi connectivity index (χ0n) is 11.0. The molecule has 1 aromatic rings. The molecule has 2 aliphatic heterocycles. The summed E-state index contributed by atoms with van der Waals surface area (Å²) >= 11 is 2.26. The van der Waals surface area contributed by atoms with Gasteiger partial charge in [0.25, 0.3) is 0 Å². The normalized spacial score (nSPS) is 32.2. The SMILES string of the molecule is NCC[C@@H]1CC[C@@]2(I)c3c(F)ccc(F)c3OC[C@H]2N1. The summed E-state index contributed by atoms with van der Waals surface area (Å²) < 4.78 is 33.1. The maximum absolute atomic E-state index is 14.2. The van der Waals surface area contributed by atoms with Gasteiger partial charge in [0.2, 0.25) is 0 Å². The van der Waals surface area contributed by atoms with Crippen LogP contribution in [0.25, 0.3) is 0 Å². The second-order valence-electron chi connectivity index (χ2n) is 5.44. The number of piperidine rings is 1. The fourth-order valence-corrected chi connectivity index (χ4v) is 4.37. The first-order valence-corrected chi connectivity index (χ1v) is 7.90. The fraction of sp³-hybridized carbons (Fsp3) is 0.571. The van der Waals surface area contributed by atoms with Crippen molar-refractivity contribution >= 4 is 22.6 Å². The van der Waals surface area contributed by atoms with Gasteiger partial charge >= 0.3 is 0 Å². The van der Waals surface area contributed by atoms with Crippen molar-refractivity contribution in [2.75, 3.05) is 13.2 Å². The molecule has 3 nitrogen and oxygen atoms in total. The van der Waals surface area contributed by atoms with Crippen molar-refractivity contribution < 1.29 is 13.5 Å². The van der Waals surface area contributed by atoms with Crippen LogP contribution in [0.4, 0.5) is 8.78 Å². The Morgan fingerprint density at radius 2 is 2.15 bits per heavy atom. The van der Waals surface area contributed by atoms with Gasteiger partial charge in [0.05, 0.1) is 15.0 Å². The minimum absolute atomic E-state index is 0.0165. The van der Waals surface area contributed by atoms with Crippen molar-refractivity contribution in [1.82, 2.24) is 5.32 Å². The van der Waals surface area contributed by atoms with Gasteiger partial charge in [-0.15, -0.1) is 0 Å². The van der Waals surface area contributed by atoms with Gasteiger partial charge in [-0.3, -0.25) is 0 Å². The van der Waals surface area contributed by atoms with E-state index >= 15 is 0 Å². The number of rotatable bonds is 2. The van der Waals surface area contributed by atoms with Gasteiger partial charge in [-0.1, -0.05) is 22.6 Å². The number of hydrogen-bond donors (Lipinski definition) is 2. The molecule has 0 aromatic heterocycles. The number of alkyl halides is 1. The Morgan fingerprint density at radius 3 is 2.90 bits per heavy atom. The van der Waals surface area contributed by atoms with Crippen molar-refractivity contribution in [3.05, 3.63) is 29.3 Å².